The Morgan fingerprint density at radius 3 is 2.63 bits per heavy atom. The van der Waals surface area contributed by atoms with Gasteiger partial charge in [0.2, 0.25) is 0 Å². The van der Waals surface area contributed by atoms with Crippen LogP contribution < -0.4 is 0 Å². The fourth-order valence-electron chi connectivity index (χ4n) is 2.77. The van der Waals surface area contributed by atoms with Crippen LogP contribution in [0.5, 0.6) is 0 Å². The summed E-state index contributed by atoms with van der Waals surface area (Å²) in [6.45, 7) is 2.13. The molecule has 1 atom stereocenters. The summed E-state index contributed by atoms with van der Waals surface area (Å²) in [6.07, 6.45) is 1.74. The molecule has 0 spiro atoms. The highest BCUT2D eigenvalue weighted by atomic mass is 35.5. The Kier molecular flexibility index (Phi) is 4.13. The molecular formula is C15H17ClFNO. The van der Waals surface area contributed by atoms with E-state index in [1.807, 2.05) is 0 Å². The predicted octanol–water partition coefficient (Wildman–Crippen LogP) is 4.23. The van der Waals surface area contributed by atoms with Gasteiger partial charge in [-0.2, -0.15) is 5.26 Å². The second-order valence-electron chi connectivity index (χ2n) is 5.49. The molecule has 1 aliphatic rings. The first-order valence-corrected chi connectivity index (χ1v) is 6.91. The van der Waals surface area contributed by atoms with E-state index < -0.39 is 17.3 Å². The summed E-state index contributed by atoms with van der Waals surface area (Å²) in [6, 6.07) is 6.52. The second-order valence-corrected chi connectivity index (χ2v) is 5.90. The highest BCUT2D eigenvalue weighted by Crippen LogP contribution is 2.48. The van der Waals surface area contributed by atoms with E-state index in [0.717, 1.165) is 12.8 Å². The molecule has 0 aliphatic heterocycles. The van der Waals surface area contributed by atoms with Gasteiger partial charge < -0.3 is 5.11 Å². The van der Waals surface area contributed by atoms with Crippen LogP contribution >= 0.6 is 11.6 Å². The quantitative estimate of drug-likeness (QED) is 0.881. The summed E-state index contributed by atoms with van der Waals surface area (Å²) in [4.78, 5) is 0. The number of nitriles is 1. The molecule has 1 aromatic carbocycles. The zero-order valence-electron chi connectivity index (χ0n) is 10.9. The van der Waals surface area contributed by atoms with Crippen LogP contribution in [-0.2, 0) is 0 Å². The van der Waals surface area contributed by atoms with Gasteiger partial charge in [-0.25, -0.2) is 4.39 Å². The summed E-state index contributed by atoms with van der Waals surface area (Å²) in [7, 11) is 0. The van der Waals surface area contributed by atoms with Crippen molar-refractivity contribution in [3.8, 4) is 6.07 Å². The minimum atomic E-state index is -1.17. The number of nitrogens with zero attached hydrogens (tertiary/aromatic N) is 1. The van der Waals surface area contributed by atoms with E-state index in [4.69, 9.17) is 11.6 Å². The van der Waals surface area contributed by atoms with Crippen LogP contribution in [0.2, 0.25) is 5.02 Å². The van der Waals surface area contributed by atoms with Crippen LogP contribution in [0.25, 0.3) is 0 Å². The van der Waals surface area contributed by atoms with Crippen LogP contribution in [0.4, 0.5) is 4.39 Å². The molecule has 1 aliphatic carbocycles. The molecule has 2 rings (SSSR count). The molecule has 1 unspecified atom stereocenters. The van der Waals surface area contributed by atoms with Gasteiger partial charge in [-0.05, 0) is 43.7 Å². The Hall–Kier alpha value is -1.11. The summed E-state index contributed by atoms with van der Waals surface area (Å²) < 4.78 is 13.9. The SMILES string of the molecule is CC1CCC(C#N)(C(O)c2c(F)cccc2Cl)CC1. The molecule has 2 nitrogen and oxygen atoms in total. The summed E-state index contributed by atoms with van der Waals surface area (Å²) in [5.41, 5.74) is -0.863. The smallest absolute Gasteiger partial charge is 0.130 e. The van der Waals surface area contributed by atoms with Gasteiger partial charge in [0.05, 0.1) is 11.5 Å². The monoisotopic (exact) mass is 281 g/mol. The van der Waals surface area contributed by atoms with Gasteiger partial charge in [0.1, 0.15) is 11.9 Å². The Labute approximate surface area is 117 Å². The maximum absolute atomic E-state index is 13.9. The van der Waals surface area contributed by atoms with Crippen molar-refractivity contribution in [1.29, 1.82) is 5.26 Å². The van der Waals surface area contributed by atoms with Gasteiger partial charge in [-0.15, -0.1) is 0 Å². The van der Waals surface area contributed by atoms with Crippen molar-refractivity contribution in [3.05, 3.63) is 34.6 Å². The zero-order chi connectivity index (χ0) is 14.0. The largest absolute Gasteiger partial charge is 0.387 e. The number of hydrogen-bond acceptors (Lipinski definition) is 2. The average Bonchev–Trinajstić information content (AvgIpc) is 2.39. The first-order chi connectivity index (χ1) is 9.00. The molecule has 4 heteroatoms. The van der Waals surface area contributed by atoms with Crippen molar-refractivity contribution in [2.24, 2.45) is 11.3 Å². The average molecular weight is 282 g/mol. The van der Waals surface area contributed by atoms with E-state index in [0.29, 0.717) is 18.8 Å². The molecule has 1 fully saturated rings. The maximum Gasteiger partial charge on any atom is 0.130 e. The third kappa shape index (κ3) is 2.61. The number of aliphatic hydroxyl groups excluding tert-OH is 1. The van der Waals surface area contributed by atoms with E-state index in [2.05, 4.69) is 13.0 Å². The van der Waals surface area contributed by atoms with E-state index in [1.54, 1.807) is 6.07 Å². The Bertz CT molecular complexity index is 483. The molecule has 19 heavy (non-hydrogen) atoms. The number of benzene rings is 1. The van der Waals surface area contributed by atoms with Crippen molar-refractivity contribution in [2.45, 2.75) is 38.7 Å². The highest BCUT2D eigenvalue weighted by molar-refractivity contribution is 6.31. The van der Waals surface area contributed by atoms with Gasteiger partial charge in [0, 0.05) is 10.6 Å². The van der Waals surface area contributed by atoms with Crippen LogP contribution in [0.3, 0.4) is 0 Å². The van der Waals surface area contributed by atoms with E-state index in [1.165, 1.54) is 12.1 Å². The van der Waals surface area contributed by atoms with Crippen molar-refractivity contribution < 1.29 is 9.50 Å². The zero-order valence-corrected chi connectivity index (χ0v) is 11.6. The first-order valence-electron chi connectivity index (χ1n) is 6.53. The van der Waals surface area contributed by atoms with Gasteiger partial charge in [-0.1, -0.05) is 24.6 Å². The number of hydrogen-bond donors (Lipinski definition) is 1. The third-order valence-electron chi connectivity index (χ3n) is 4.19. The molecule has 102 valence electrons. The molecule has 0 bridgehead atoms. The number of aliphatic hydroxyl groups is 1. The second kappa shape index (κ2) is 5.48. The minimum absolute atomic E-state index is 0.0558. The van der Waals surface area contributed by atoms with Crippen molar-refractivity contribution >= 4 is 11.6 Å². The lowest BCUT2D eigenvalue weighted by Gasteiger charge is -2.37. The minimum Gasteiger partial charge on any atom is -0.387 e. The Balaban J connectivity index is 2.37. The lowest BCUT2D eigenvalue weighted by Crippen LogP contribution is -2.32. The predicted molar refractivity (Wildman–Crippen MR) is 72.0 cm³/mol. The topological polar surface area (TPSA) is 44.0 Å². The van der Waals surface area contributed by atoms with Gasteiger partial charge >= 0.3 is 0 Å². The molecule has 0 amide bonds. The van der Waals surface area contributed by atoms with E-state index in [9.17, 15) is 14.8 Å². The van der Waals surface area contributed by atoms with Gasteiger partial charge in [0.25, 0.3) is 0 Å². The summed E-state index contributed by atoms with van der Waals surface area (Å²) in [5.74, 6) is -0.00184. The van der Waals surface area contributed by atoms with Crippen molar-refractivity contribution in [1.82, 2.24) is 0 Å². The van der Waals surface area contributed by atoms with Gasteiger partial charge in [-0.3, -0.25) is 0 Å². The van der Waals surface area contributed by atoms with Crippen LogP contribution in [0.15, 0.2) is 18.2 Å². The molecule has 0 heterocycles. The molecule has 1 saturated carbocycles. The maximum atomic E-state index is 13.9. The number of halogens is 2. The van der Waals surface area contributed by atoms with E-state index in [-0.39, 0.29) is 10.6 Å². The fraction of sp³-hybridized carbons (Fsp3) is 0.533. The number of rotatable bonds is 2. The highest BCUT2D eigenvalue weighted by Gasteiger charge is 2.43. The van der Waals surface area contributed by atoms with Crippen LogP contribution in [0.1, 0.15) is 44.3 Å². The Morgan fingerprint density at radius 2 is 2.11 bits per heavy atom. The third-order valence-corrected chi connectivity index (χ3v) is 4.52. The van der Waals surface area contributed by atoms with Crippen LogP contribution in [0, 0.1) is 28.5 Å². The molecule has 0 radical (unpaired) electrons. The Morgan fingerprint density at radius 1 is 1.47 bits per heavy atom. The lowest BCUT2D eigenvalue weighted by molar-refractivity contribution is 0.0243. The first kappa shape index (κ1) is 14.3. The van der Waals surface area contributed by atoms with Crippen molar-refractivity contribution in [2.75, 3.05) is 0 Å². The molecule has 0 saturated heterocycles. The molecule has 1 aromatic rings. The summed E-state index contributed by atoms with van der Waals surface area (Å²) in [5, 5.41) is 20.1. The lowest BCUT2D eigenvalue weighted by atomic mass is 9.67. The fourth-order valence-corrected chi connectivity index (χ4v) is 3.04. The van der Waals surface area contributed by atoms with Crippen LogP contribution in [-0.4, -0.2) is 5.11 Å². The van der Waals surface area contributed by atoms with Gasteiger partial charge in [0.15, 0.2) is 0 Å². The van der Waals surface area contributed by atoms with E-state index >= 15 is 0 Å². The standard InChI is InChI=1S/C15H17ClFNO/c1-10-5-7-15(9-18,8-6-10)14(19)13-11(16)3-2-4-12(13)17/h2-4,10,14,19H,5-8H2,1H3. The van der Waals surface area contributed by atoms with Crippen molar-refractivity contribution in [3.63, 3.8) is 0 Å². The molecule has 0 aromatic heterocycles. The normalized spacial score (nSPS) is 28.7. The molecule has 1 N–H and O–H groups in total. The molecular weight excluding hydrogens is 265 g/mol. The summed E-state index contributed by atoms with van der Waals surface area (Å²) >= 11 is 5.98.